The Morgan fingerprint density at radius 3 is 2.78 bits per heavy atom. The molecule has 0 saturated heterocycles. The normalized spacial score (nSPS) is 19.3. The first-order valence-electron chi connectivity index (χ1n) is 7.61. The maximum absolute atomic E-state index is 11.9. The van der Waals surface area contributed by atoms with E-state index in [2.05, 4.69) is 35.9 Å². The number of nitrogens with one attached hydrogen (secondary N) is 1. The van der Waals surface area contributed by atoms with E-state index in [9.17, 15) is 8.42 Å². The zero-order valence-electron chi connectivity index (χ0n) is 14.0. The van der Waals surface area contributed by atoms with Crippen LogP contribution in [-0.2, 0) is 19.6 Å². The van der Waals surface area contributed by atoms with Crippen LogP contribution in [0.5, 0.6) is 0 Å². The summed E-state index contributed by atoms with van der Waals surface area (Å²) in [6, 6.07) is 6.14. The van der Waals surface area contributed by atoms with E-state index in [1.54, 1.807) is 6.92 Å². The first-order valence-corrected chi connectivity index (χ1v) is 9.26. The molecular formula is C16H24N2O4S. The Balaban J connectivity index is 1.88. The van der Waals surface area contributed by atoms with Crippen molar-refractivity contribution in [3.05, 3.63) is 34.9 Å². The summed E-state index contributed by atoms with van der Waals surface area (Å²) in [5.74, 6) is -0.0684. The molecule has 0 spiro atoms. The Labute approximate surface area is 137 Å². The Hall–Kier alpha value is -1.44. The standard InChI is InChI=1S/C16H24N2O4S/c1-11-5-6-14(7-12(11)2)16-8-15(22-18-16)9-17-23(19,20)10-13(3)21-4/h5-7,13,15,17H,8-10H2,1-4H3/t13-,15-/m0/s1. The number of hydrogen-bond acceptors (Lipinski definition) is 5. The summed E-state index contributed by atoms with van der Waals surface area (Å²) in [6.45, 7) is 6.03. The quantitative estimate of drug-likeness (QED) is 0.820. The maximum Gasteiger partial charge on any atom is 0.214 e. The van der Waals surface area contributed by atoms with Crippen LogP contribution in [0, 0.1) is 13.8 Å². The number of benzene rings is 1. The average Bonchev–Trinajstić information content (AvgIpc) is 2.96. The van der Waals surface area contributed by atoms with Crippen LogP contribution in [0.1, 0.15) is 30.0 Å². The molecule has 1 N–H and O–H groups in total. The number of hydrogen-bond donors (Lipinski definition) is 1. The molecule has 1 aromatic carbocycles. The number of ether oxygens (including phenoxy) is 1. The van der Waals surface area contributed by atoms with Crippen molar-refractivity contribution in [1.82, 2.24) is 4.72 Å². The smallest absolute Gasteiger partial charge is 0.214 e. The first-order chi connectivity index (χ1) is 10.8. The summed E-state index contributed by atoms with van der Waals surface area (Å²) in [5, 5.41) is 4.09. The molecule has 0 amide bonds. The van der Waals surface area contributed by atoms with Gasteiger partial charge in [-0.05, 0) is 43.5 Å². The van der Waals surface area contributed by atoms with Crippen molar-refractivity contribution >= 4 is 15.7 Å². The van der Waals surface area contributed by atoms with E-state index in [4.69, 9.17) is 9.57 Å². The highest BCUT2D eigenvalue weighted by atomic mass is 32.2. The minimum atomic E-state index is -3.38. The van der Waals surface area contributed by atoms with Gasteiger partial charge in [0.05, 0.1) is 24.1 Å². The molecule has 0 saturated carbocycles. The molecule has 6 nitrogen and oxygen atoms in total. The maximum atomic E-state index is 11.9. The number of aryl methyl sites for hydroxylation is 2. The van der Waals surface area contributed by atoms with E-state index in [1.165, 1.54) is 18.2 Å². The van der Waals surface area contributed by atoms with Gasteiger partial charge in [0.25, 0.3) is 0 Å². The van der Waals surface area contributed by atoms with Crippen molar-refractivity contribution in [2.24, 2.45) is 5.16 Å². The Kier molecular flexibility index (Phi) is 5.78. The van der Waals surface area contributed by atoms with Crippen LogP contribution in [0.25, 0.3) is 0 Å². The summed E-state index contributed by atoms with van der Waals surface area (Å²) in [5.41, 5.74) is 4.29. The molecule has 0 fully saturated rings. The number of rotatable bonds is 7. The fraction of sp³-hybridized carbons (Fsp3) is 0.562. The second-order valence-corrected chi connectivity index (χ2v) is 7.80. The number of oxime groups is 1. The number of sulfonamides is 1. The van der Waals surface area contributed by atoms with Crippen LogP contribution in [-0.4, -0.2) is 45.7 Å². The number of methoxy groups -OCH3 is 1. The summed E-state index contributed by atoms with van der Waals surface area (Å²) >= 11 is 0. The van der Waals surface area contributed by atoms with Gasteiger partial charge in [-0.2, -0.15) is 0 Å². The molecule has 128 valence electrons. The Morgan fingerprint density at radius 2 is 2.13 bits per heavy atom. The molecule has 0 radical (unpaired) electrons. The Morgan fingerprint density at radius 1 is 1.39 bits per heavy atom. The molecule has 0 bridgehead atoms. The summed E-state index contributed by atoms with van der Waals surface area (Å²) in [6.07, 6.45) is -0.0382. The van der Waals surface area contributed by atoms with Gasteiger partial charge in [-0.25, -0.2) is 13.1 Å². The third kappa shape index (κ3) is 5.02. The van der Waals surface area contributed by atoms with Crippen molar-refractivity contribution in [2.75, 3.05) is 19.4 Å². The molecule has 0 unspecified atom stereocenters. The lowest BCUT2D eigenvalue weighted by molar-refractivity contribution is 0.0889. The van der Waals surface area contributed by atoms with Gasteiger partial charge in [0.2, 0.25) is 10.0 Å². The fourth-order valence-corrected chi connectivity index (χ4v) is 3.60. The van der Waals surface area contributed by atoms with E-state index in [-0.39, 0.29) is 24.5 Å². The minimum absolute atomic E-state index is 0.0684. The lowest BCUT2D eigenvalue weighted by Gasteiger charge is -2.13. The molecule has 2 atom stereocenters. The minimum Gasteiger partial charge on any atom is -0.390 e. The van der Waals surface area contributed by atoms with Crippen LogP contribution < -0.4 is 4.72 Å². The molecule has 23 heavy (non-hydrogen) atoms. The largest absolute Gasteiger partial charge is 0.390 e. The second kappa shape index (κ2) is 7.42. The topological polar surface area (TPSA) is 77.0 Å². The van der Waals surface area contributed by atoms with Gasteiger partial charge in [-0.1, -0.05) is 17.3 Å². The predicted molar refractivity (Wildman–Crippen MR) is 90.2 cm³/mol. The molecule has 1 heterocycles. The summed E-state index contributed by atoms with van der Waals surface area (Å²) in [7, 11) is -1.89. The van der Waals surface area contributed by atoms with Gasteiger partial charge in [-0.15, -0.1) is 0 Å². The van der Waals surface area contributed by atoms with Crippen LogP contribution in [0.2, 0.25) is 0 Å². The third-order valence-corrected chi connectivity index (χ3v) is 5.48. The van der Waals surface area contributed by atoms with Crippen molar-refractivity contribution in [1.29, 1.82) is 0 Å². The highest BCUT2D eigenvalue weighted by Gasteiger charge is 2.25. The lowest BCUT2D eigenvalue weighted by atomic mass is 10.0. The number of nitrogens with zero attached hydrogens (tertiary/aromatic N) is 1. The average molecular weight is 340 g/mol. The molecule has 1 aromatic rings. The zero-order chi connectivity index (χ0) is 17.0. The SMILES string of the molecule is CO[C@@H](C)CS(=O)(=O)NC[C@@H]1CC(c2ccc(C)c(C)c2)=NO1. The molecule has 0 aliphatic carbocycles. The zero-order valence-corrected chi connectivity index (χ0v) is 14.8. The van der Waals surface area contributed by atoms with Crippen molar-refractivity contribution in [2.45, 2.75) is 39.4 Å². The Bertz CT molecular complexity index is 685. The van der Waals surface area contributed by atoms with Gasteiger partial charge >= 0.3 is 0 Å². The molecule has 1 aliphatic rings. The van der Waals surface area contributed by atoms with Crippen LogP contribution in [0.3, 0.4) is 0 Å². The van der Waals surface area contributed by atoms with E-state index in [0.29, 0.717) is 6.42 Å². The highest BCUT2D eigenvalue weighted by Crippen LogP contribution is 2.19. The van der Waals surface area contributed by atoms with Gasteiger partial charge in [-0.3, -0.25) is 0 Å². The highest BCUT2D eigenvalue weighted by molar-refractivity contribution is 7.89. The molecule has 0 aromatic heterocycles. The molecule has 1 aliphatic heterocycles. The first kappa shape index (κ1) is 17.9. The monoisotopic (exact) mass is 340 g/mol. The van der Waals surface area contributed by atoms with Crippen LogP contribution in [0.4, 0.5) is 0 Å². The summed E-state index contributed by atoms with van der Waals surface area (Å²) < 4.78 is 31.3. The van der Waals surface area contributed by atoms with E-state index in [1.807, 2.05) is 6.07 Å². The van der Waals surface area contributed by atoms with Crippen molar-refractivity contribution in [3.63, 3.8) is 0 Å². The van der Waals surface area contributed by atoms with Crippen molar-refractivity contribution < 1.29 is 18.0 Å². The fourth-order valence-electron chi connectivity index (χ4n) is 2.29. The van der Waals surface area contributed by atoms with E-state index < -0.39 is 10.0 Å². The third-order valence-electron chi connectivity index (χ3n) is 3.96. The van der Waals surface area contributed by atoms with E-state index >= 15 is 0 Å². The molecule has 2 rings (SSSR count). The molecule has 7 heteroatoms. The van der Waals surface area contributed by atoms with E-state index in [0.717, 1.165) is 11.3 Å². The second-order valence-electron chi connectivity index (χ2n) is 5.94. The van der Waals surface area contributed by atoms with Gasteiger partial charge in [0.15, 0.2) is 0 Å². The van der Waals surface area contributed by atoms with Gasteiger partial charge < -0.3 is 9.57 Å². The van der Waals surface area contributed by atoms with Crippen molar-refractivity contribution in [3.8, 4) is 0 Å². The van der Waals surface area contributed by atoms with Crippen LogP contribution in [0.15, 0.2) is 23.4 Å². The summed E-state index contributed by atoms with van der Waals surface area (Å²) in [4.78, 5) is 5.35. The van der Waals surface area contributed by atoms with Gasteiger partial charge in [0.1, 0.15) is 6.10 Å². The lowest BCUT2D eigenvalue weighted by Crippen LogP contribution is -2.36. The van der Waals surface area contributed by atoms with Gasteiger partial charge in [0, 0.05) is 13.5 Å². The van der Waals surface area contributed by atoms with Crippen LogP contribution >= 0.6 is 0 Å². The molecular weight excluding hydrogens is 316 g/mol. The predicted octanol–water partition coefficient (Wildman–Crippen LogP) is 1.75.